The van der Waals surface area contributed by atoms with Crippen LogP contribution in [0.25, 0.3) is 109 Å². The summed E-state index contributed by atoms with van der Waals surface area (Å²) >= 11 is 1.84. The lowest BCUT2D eigenvalue weighted by molar-refractivity contribution is 0.669. The minimum absolute atomic E-state index is 0.599. The molecule has 5 heteroatoms. The number of fused-ring (bicyclic) bond motifs is 7. The maximum absolute atomic E-state index is 6.57. The highest BCUT2D eigenvalue weighted by atomic mass is 32.1. The van der Waals surface area contributed by atoms with Gasteiger partial charge < -0.3 is 4.42 Å². The summed E-state index contributed by atoms with van der Waals surface area (Å²) in [5, 5.41) is 6.84. The first-order valence-corrected chi connectivity index (χ1v) is 18.8. The monoisotopic (exact) mass is 707 g/mol. The number of nitrogens with zero attached hydrogens (tertiary/aromatic N) is 3. The molecule has 0 fully saturated rings. The second-order valence-electron chi connectivity index (χ2n) is 13.6. The molecule has 3 heterocycles. The second kappa shape index (κ2) is 12.3. The summed E-state index contributed by atoms with van der Waals surface area (Å²) in [7, 11) is 0. The number of rotatable bonds is 5. The maximum atomic E-state index is 6.57. The van der Waals surface area contributed by atoms with Crippen LogP contribution >= 0.6 is 11.3 Å². The Bertz CT molecular complexity index is 3220. The SMILES string of the molecule is c1ccc(-c2nc(-c3ccc4ccccc4c3)nc(-c3cccc4oc5ccc(-c6c(-c7ccccc7)ccc7sc8ccccc8c67)cc5c34)n2)cc1. The zero-order chi connectivity index (χ0) is 35.6. The average Bonchev–Trinajstić information content (AvgIpc) is 3.82. The first kappa shape index (κ1) is 30.7. The third-order valence-electron chi connectivity index (χ3n) is 10.3. The lowest BCUT2D eigenvalue weighted by Gasteiger charge is -2.13. The van der Waals surface area contributed by atoms with E-state index < -0.39 is 0 Å². The Labute approximate surface area is 314 Å². The van der Waals surface area contributed by atoms with Crippen LogP contribution in [0, 0.1) is 0 Å². The van der Waals surface area contributed by atoms with Crippen molar-refractivity contribution < 1.29 is 4.42 Å². The summed E-state index contributed by atoms with van der Waals surface area (Å²) in [6, 6.07) is 61.6. The van der Waals surface area contributed by atoms with Gasteiger partial charge in [0.2, 0.25) is 0 Å². The van der Waals surface area contributed by atoms with E-state index in [0.717, 1.165) is 49.6 Å². The van der Waals surface area contributed by atoms with Crippen molar-refractivity contribution in [1.82, 2.24) is 15.0 Å². The molecule has 0 aliphatic rings. The Balaban J connectivity index is 1.17. The normalized spacial score (nSPS) is 11.7. The Kier molecular flexibility index (Phi) is 7.00. The molecule has 0 N–H and O–H groups in total. The molecule has 0 aliphatic carbocycles. The predicted octanol–water partition coefficient (Wildman–Crippen LogP) is 13.6. The first-order valence-electron chi connectivity index (χ1n) is 18.0. The van der Waals surface area contributed by atoms with Crippen molar-refractivity contribution >= 4 is 64.2 Å². The number of aromatic nitrogens is 3. The van der Waals surface area contributed by atoms with E-state index in [1.165, 1.54) is 42.2 Å². The van der Waals surface area contributed by atoms with Crippen molar-refractivity contribution in [3.05, 3.63) is 176 Å². The smallest absolute Gasteiger partial charge is 0.164 e. The van der Waals surface area contributed by atoms with Crippen molar-refractivity contribution in [2.45, 2.75) is 0 Å². The molecule has 0 spiro atoms. The number of hydrogen-bond acceptors (Lipinski definition) is 5. The van der Waals surface area contributed by atoms with E-state index in [-0.39, 0.29) is 0 Å². The molecule has 0 atom stereocenters. The molecule has 0 radical (unpaired) electrons. The molecule has 0 amide bonds. The van der Waals surface area contributed by atoms with Crippen molar-refractivity contribution in [3.8, 4) is 56.4 Å². The summed E-state index contributed by atoms with van der Waals surface area (Å²) < 4.78 is 9.12. The van der Waals surface area contributed by atoms with Crippen LogP contribution in [0.15, 0.2) is 180 Å². The molecule has 54 heavy (non-hydrogen) atoms. The molecule has 0 saturated heterocycles. The quantitative estimate of drug-likeness (QED) is 0.179. The zero-order valence-electron chi connectivity index (χ0n) is 28.9. The van der Waals surface area contributed by atoms with Crippen LogP contribution in [0.1, 0.15) is 0 Å². The summed E-state index contributed by atoms with van der Waals surface area (Å²) in [5.74, 6) is 1.85. The number of benzene rings is 8. The van der Waals surface area contributed by atoms with E-state index in [2.05, 4.69) is 133 Å². The maximum Gasteiger partial charge on any atom is 0.164 e. The van der Waals surface area contributed by atoms with Gasteiger partial charge in [-0.2, -0.15) is 0 Å². The van der Waals surface area contributed by atoms with Gasteiger partial charge in [-0.1, -0.05) is 140 Å². The molecule has 8 aromatic carbocycles. The molecule has 3 aromatic heterocycles. The number of furan rings is 1. The average molecular weight is 708 g/mol. The Morgan fingerprint density at radius 2 is 1.07 bits per heavy atom. The number of hydrogen-bond donors (Lipinski definition) is 0. The summed E-state index contributed by atoms with van der Waals surface area (Å²) in [4.78, 5) is 15.4. The molecule has 252 valence electrons. The van der Waals surface area contributed by atoms with Crippen LogP contribution < -0.4 is 0 Å². The highest BCUT2D eigenvalue weighted by Gasteiger charge is 2.21. The van der Waals surface area contributed by atoms with Gasteiger partial charge in [-0.25, -0.2) is 15.0 Å². The molecule has 0 aliphatic heterocycles. The van der Waals surface area contributed by atoms with Crippen LogP contribution in [0.5, 0.6) is 0 Å². The minimum atomic E-state index is 0.599. The highest BCUT2D eigenvalue weighted by Crippen LogP contribution is 2.46. The third-order valence-corrected chi connectivity index (χ3v) is 11.5. The van der Waals surface area contributed by atoms with E-state index in [0.29, 0.717) is 17.5 Å². The third kappa shape index (κ3) is 5.01. The molecule has 11 rings (SSSR count). The van der Waals surface area contributed by atoms with Crippen LogP contribution in [0.4, 0.5) is 0 Å². The lowest BCUT2D eigenvalue weighted by Crippen LogP contribution is -2.00. The van der Waals surface area contributed by atoms with Gasteiger partial charge in [0, 0.05) is 47.6 Å². The van der Waals surface area contributed by atoms with E-state index in [1.54, 1.807) is 0 Å². The Hall–Kier alpha value is -6.95. The van der Waals surface area contributed by atoms with Gasteiger partial charge in [0.25, 0.3) is 0 Å². The van der Waals surface area contributed by atoms with Gasteiger partial charge in [-0.3, -0.25) is 0 Å². The summed E-state index contributed by atoms with van der Waals surface area (Å²) in [6.45, 7) is 0. The fourth-order valence-corrected chi connectivity index (χ4v) is 8.93. The number of thiophene rings is 1. The zero-order valence-corrected chi connectivity index (χ0v) is 29.7. The topological polar surface area (TPSA) is 51.8 Å². The van der Waals surface area contributed by atoms with E-state index in [4.69, 9.17) is 19.4 Å². The molecule has 0 bridgehead atoms. The fraction of sp³-hybridized carbons (Fsp3) is 0. The standard InChI is InChI=1S/C49H29N3OS/c1-3-13-31(14-4-1)36-25-27-43-46(37-18-9-10-21-42(37)54-43)44(36)34-24-26-40-39(29-34)45-38(19-11-20-41(45)53-40)49-51-47(32-15-5-2-6-16-32)50-48(52-49)35-23-22-30-12-7-8-17-33(30)28-35/h1-29H. The van der Waals surface area contributed by atoms with Crippen molar-refractivity contribution in [2.24, 2.45) is 0 Å². The van der Waals surface area contributed by atoms with E-state index in [9.17, 15) is 0 Å². The van der Waals surface area contributed by atoms with Crippen LogP contribution in [-0.2, 0) is 0 Å². The van der Waals surface area contributed by atoms with Crippen molar-refractivity contribution in [1.29, 1.82) is 0 Å². The van der Waals surface area contributed by atoms with Gasteiger partial charge in [0.15, 0.2) is 17.5 Å². The summed E-state index contributed by atoms with van der Waals surface area (Å²) in [5.41, 5.74) is 9.09. The molecule has 0 unspecified atom stereocenters. The predicted molar refractivity (Wildman–Crippen MR) is 225 cm³/mol. The highest BCUT2D eigenvalue weighted by molar-refractivity contribution is 7.26. The van der Waals surface area contributed by atoms with Crippen molar-refractivity contribution in [3.63, 3.8) is 0 Å². The van der Waals surface area contributed by atoms with Gasteiger partial charge in [-0.05, 0) is 69.4 Å². The van der Waals surface area contributed by atoms with Gasteiger partial charge in [-0.15, -0.1) is 11.3 Å². The van der Waals surface area contributed by atoms with Gasteiger partial charge in [0.05, 0.1) is 0 Å². The molecule has 4 nitrogen and oxygen atoms in total. The Morgan fingerprint density at radius 3 is 1.93 bits per heavy atom. The van der Waals surface area contributed by atoms with Crippen molar-refractivity contribution in [2.75, 3.05) is 0 Å². The van der Waals surface area contributed by atoms with Crippen LogP contribution in [0.2, 0.25) is 0 Å². The largest absolute Gasteiger partial charge is 0.456 e. The van der Waals surface area contributed by atoms with Crippen LogP contribution in [0.3, 0.4) is 0 Å². The molecular formula is C49H29N3OS. The minimum Gasteiger partial charge on any atom is -0.456 e. The van der Waals surface area contributed by atoms with E-state index >= 15 is 0 Å². The molecular weight excluding hydrogens is 679 g/mol. The summed E-state index contributed by atoms with van der Waals surface area (Å²) in [6.07, 6.45) is 0. The molecule has 0 saturated carbocycles. The van der Waals surface area contributed by atoms with Crippen LogP contribution in [-0.4, -0.2) is 15.0 Å². The van der Waals surface area contributed by atoms with E-state index in [1.807, 2.05) is 53.8 Å². The first-order chi connectivity index (χ1) is 26.7. The lowest BCUT2D eigenvalue weighted by atomic mass is 9.90. The second-order valence-corrected chi connectivity index (χ2v) is 14.6. The molecule has 11 aromatic rings. The van der Waals surface area contributed by atoms with Gasteiger partial charge >= 0.3 is 0 Å². The Morgan fingerprint density at radius 1 is 0.370 bits per heavy atom. The van der Waals surface area contributed by atoms with Gasteiger partial charge in [0.1, 0.15) is 11.2 Å². The fourth-order valence-electron chi connectivity index (χ4n) is 7.81.